The van der Waals surface area contributed by atoms with E-state index in [2.05, 4.69) is 0 Å². The predicted molar refractivity (Wildman–Crippen MR) is 48.9 cm³/mol. The van der Waals surface area contributed by atoms with Crippen LogP contribution in [-0.2, 0) is 0 Å². The third-order valence-corrected chi connectivity index (χ3v) is 2.12. The highest BCUT2D eigenvalue weighted by atomic mass is 35.5. The molecule has 0 unspecified atom stereocenters. The van der Waals surface area contributed by atoms with Gasteiger partial charge in [-0.05, 0) is 12.1 Å². The number of rotatable bonds is 1. The van der Waals surface area contributed by atoms with Crippen LogP contribution in [0.4, 0.5) is 4.39 Å². The van der Waals surface area contributed by atoms with Gasteiger partial charge in [0.15, 0.2) is 0 Å². The molecule has 0 atom stereocenters. The minimum Gasteiger partial charge on any atom is -0.290 e. The number of nitrogens with two attached hydrogens (primary N) is 1. The molecule has 1 amide bonds. The van der Waals surface area contributed by atoms with Gasteiger partial charge in [-0.1, -0.05) is 24.2 Å². The normalized spacial score (nSPS) is 9.77. The van der Waals surface area contributed by atoms with Crippen LogP contribution < -0.4 is 11.3 Å². The Hall–Kier alpha value is -0.910. The maximum absolute atomic E-state index is 12.9. The first-order valence-electron chi connectivity index (χ1n) is 3.24. The van der Waals surface area contributed by atoms with E-state index in [9.17, 15) is 9.18 Å². The van der Waals surface area contributed by atoms with Crippen LogP contribution >= 0.6 is 24.2 Å². The molecule has 0 aromatic heterocycles. The monoisotopic (exact) mass is 219 g/mol. The summed E-state index contributed by atoms with van der Waals surface area (Å²) in [5.74, 6) is 3.47. The van der Waals surface area contributed by atoms with Crippen molar-refractivity contribution in [3.05, 3.63) is 28.5 Å². The lowest BCUT2D eigenvalue weighted by Crippen LogP contribution is -2.30. The molecule has 0 heterocycles. The average Bonchev–Trinajstić information content (AvgIpc) is 2.12. The van der Waals surface area contributed by atoms with E-state index in [0.717, 1.165) is 6.07 Å². The highest BCUT2D eigenvalue weighted by Gasteiger charge is 2.16. The fraction of sp³-hybridized carbons (Fsp3) is 0. The van der Waals surface area contributed by atoms with E-state index in [0.29, 0.717) is 0 Å². The van der Waals surface area contributed by atoms with Gasteiger partial charge in [-0.15, -0.1) is 0 Å². The summed E-state index contributed by atoms with van der Waals surface area (Å²) in [6.45, 7) is 0. The maximum Gasteiger partial charge on any atom is 0.268 e. The third kappa shape index (κ3) is 1.88. The lowest BCUT2D eigenvalue weighted by atomic mass is 10.2. The van der Waals surface area contributed by atoms with Crippen molar-refractivity contribution in [2.75, 3.05) is 0 Å². The second-order valence-electron chi connectivity index (χ2n) is 2.21. The number of hydrogen-bond acceptors (Lipinski definition) is 2. The molecule has 69 valence electrons. The highest BCUT2D eigenvalue weighted by molar-refractivity contribution is 7.80. The van der Waals surface area contributed by atoms with Gasteiger partial charge in [0.25, 0.3) is 5.91 Å². The third-order valence-electron chi connectivity index (χ3n) is 1.41. The number of carbonyl (C=O) groups is 1. The summed E-state index contributed by atoms with van der Waals surface area (Å²) in [7, 11) is 0. The standard InChI is InChI=1S/C7H5ClFN2OS/c8-6-3(9)1-2-4(13)5(6)7(12)11-10/h1-2H,10H2,(H,11,12). The zero-order chi connectivity index (χ0) is 10.0. The molecule has 0 aliphatic rings. The molecule has 1 aromatic rings. The van der Waals surface area contributed by atoms with Gasteiger partial charge in [0.05, 0.1) is 15.5 Å². The lowest BCUT2D eigenvalue weighted by molar-refractivity contribution is 0.0950. The Kier molecular flexibility index (Phi) is 3.02. The van der Waals surface area contributed by atoms with Crippen molar-refractivity contribution in [2.45, 2.75) is 4.90 Å². The molecule has 13 heavy (non-hydrogen) atoms. The van der Waals surface area contributed by atoms with Crippen LogP contribution in [0.25, 0.3) is 0 Å². The maximum atomic E-state index is 12.9. The summed E-state index contributed by atoms with van der Waals surface area (Å²) in [5.41, 5.74) is 1.72. The zero-order valence-corrected chi connectivity index (χ0v) is 7.88. The summed E-state index contributed by atoms with van der Waals surface area (Å²) < 4.78 is 12.9. The quantitative estimate of drug-likeness (QED) is 0.429. The van der Waals surface area contributed by atoms with E-state index < -0.39 is 11.7 Å². The van der Waals surface area contributed by atoms with E-state index in [1.807, 2.05) is 5.43 Å². The summed E-state index contributed by atoms with van der Waals surface area (Å²) in [5, 5.41) is -0.310. The number of nitrogen functional groups attached to an aromatic ring is 1. The van der Waals surface area contributed by atoms with E-state index >= 15 is 0 Å². The molecule has 6 heteroatoms. The number of amides is 1. The fourth-order valence-electron chi connectivity index (χ4n) is 0.817. The number of benzene rings is 1. The van der Waals surface area contributed by atoms with Crippen molar-refractivity contribution >= 4 is 30.1 Å². The van der Waals surface area contributed by atoms with Crippen molar-refractivity contribution in [2.24, 2.45) is 5.84 Å². The summed E-state index contributed by atoms with van der Waals surface area (Å²) in [6.07, 6.45) is 0. The Bertz CT molecular complexity index is 359. The Labute approximate surface area is 84.4 Å². The summed E-state index contributed by atoms with van der Waals surface area (Å²) >= 11 is 10.3. The smallest absolute Gasteiger partial charge is 0.268 e. The van der Waals surface area contributed by atoms with E-state index in [-0.39, 0.29) is 15.5 Å². The molecule has 0 saturated carbocycles. The van der Waals surface area contributed by atoms with Crippen molar-refractivity contribution in [3.63, 3.8) is 0 Å². The number of nitrogens with one attached hydrogen (secondary N) is 1. The van der Waals surface area contributed by atoms with Crippen molar-refractivity contribution < 1.29 is 9.18 Å². The predicted octanol–water partition coefficient (Wildman–Crippen LogP) is 1.64. The van der Waals surface area contributed by atoms with Gasteiger partial charge < -0.3 is 0 Å². The van der Waals surface area contributed by atoms with Gasteiger partial charge in [-0.3, -0.25) is 10.2 Å². The Morgan fingerprint density at radius 1 is 1.62 bits per heavy atom. The van der Waals surface area contributed by atoms with Crippen LogP contribution in [0.2, 0.25) is 5.02 Å². The molecule has 0 aliphatic heterocycles. The van der Waals surface area contributed by atoms with Gasteiger partial charge in [-0.2, -0.15) is 0 Å². The Morgan fingerprint density at radius 2 is 2.23 bits per heavy atom. The topological polar surface area (TPSA) is 55.1 Å². The van der Waals surface area contributed by atoms with Gasteiger partial charge in [0.2, 0.25) is 0 Å². The molecule has 1 radical (unpaired) electrons. The van der Waals surface area contributed by atoms with E-state index in [1.165, 1.54) is 6.07 Å². The van der Waals surface area contributed by atoms with Crippen LogP contribution in [0, 0.1) is 5.82 Å². The van der Waals surface area contributed by atoms with Crippen LogP contribution in [0.3, 0.4) is 0 Å². The Morgan fingerprint density at radius 3 is 2.77 bits per heavy atom. The minimum absolute atomic E-state index is 0.112. The minimum atomic E-state index is -0.700. The SMILES string of the molecule is NNC(=O)c1c([S])ccc(F)c1Cl. The second kappa shape index (κ2) is 3.87. The molecule has 0 bridgehead atoms. The molecule has 0 spiro atoms. The first kappa shape index (κ1) is 10.2. The van der Waals surface area contributed by atoms with E-state index in [4.69, 9.17) is 30.1 Å². The van der Waals surface area contributed by atoms with Crippen LogP contribution in [0.5, 0.6) is 0 Å². The van der Waals surface area contributed by atoms with Crippen molar-refractivity contribution in [1.29, 1.82) is 0 Å². The molecule has 3 N–H and O–H groups in total. The summed E-state index contributed by atoms with van der Waals surface area (Å²) in [4.78, 5) is 11.2. The van der Waals surface area contributed by atoms with Gasteiger partial charge >= 0.3 is 0 Å². The van der Waals surface area contributed by atoms with Gasteiger partial charge in [0, 0.05) is 0 Å². The number of halogens is 2. The summed E-state index contributed by atoms with van der Waals surface area (Å²) in [6, 6.07) is 2.37. The number of hydrogen-bond donors (Lipinski definition) is 2. The molecular weight excluding hydrogens is 215 g/mol. The molecule has 0 saturated heterocycles. The largest absolute Gasteiger partial charge is 0.290 e. The first-order valence-corrected chi connectivity index (χ1v) is 4.02. The zero-order valence-electron chi connectivity index (χ0n) is 6.30. The molecule has 1 rings (SSSR count). The average molecular weight is 220 g/mol. The van der Waals surface area contributed by atoms with Crippen LogP contribution in [-0.4, -0.2) is 5.91 Å². The number of hydrazine groups is 1. The molecule has 0 aliphatic carbocycles. The van der Waals surface area contributed by atoms with Gasteiger partial charge in [0.1, 0.15) is 5.82 Å². The van der Waals surface area contributed by atoms with E-state index in [1.54, 1.807) is 0 Å². The fourth-order valence-corrected chi connectivity index (χ4v) is 1.39. The first-order chi connectivity index (χ1) is 6.07. The highest BCUT2D eigenvalue weighted by Crippen LogP contribution is 2.25. The number of carbonyl (C=O) groups excluding carboxylic acids is 1. The molecule has 0 fully saturated rings. The molecule has 1 aromatic carbocycles. The lowest BCUT2D eigenvalue weighted by Gasteiger charge is -2.05. The van der Waals surface area contributed by atoms with Crippen molar-refractivity contribution in [1.82, 2.24) is 5.43 Å². The van der Waals surface area contributed by atoms with Crippen LogP contribution in [0.15, 0.2) is 17.0 Å². The molecule has 3 nitrogen and oxygen atoms in total. The van der Waals surface area contributed by atoms with Crippen LogP contribution in [0.1, 0.15) is 10.4 Å². The molecular formula is C7H5ClFN2OS. The van der Waals surface area contributed by atoms with Crippen molar-refractivity contribution in [3.8, 4) is 0 Å². The van der Waals surface area contributed by atoms with Gasteiger partial charge in [-0.25, -0.2) is 10.2 Å². The Balaban J connectivity index is 3.33. The second-order valence-corrected chi connectivity index (χ2v) is 3.03.